The third-order valence-electron chi connectivity index (χ3n) is 3.48. The summed E-state index contributed by atoms with van der Waals surface area (Å²) < 4.78 is 5.78. The molecule has 1 aromatic carbocycles. The maximum Gasteiger partial charge on any atom is 0.191 e. The van der Waals surface area contributed by atoms with Crippen LogP contribution < -0.4 is 15.4 Å². The van der Waals surface area contributed by atoms with E-state index in [2.05, 4.69) is 53.4 Å². The molecule has 25 heavy (non-hydrogen) atoms. The highest BCUT2D eigenvalue weighted by Crippen LogP contribution is 2.14. The molecule has 144 valence electrons. The zero-order valence-electron chi connectivity index (χ0n) is 16.3. The lowest BCUT2D eigenvalue weighted by atomic mass is 10.1. The molecule has 0 aliphatic rings. The molecule has 0 saturated heterocycles. The fourth-order valence-electron chi connectivity index (χ4n) is 2.07. The molecule has 1 rings (SSSR count). The number of hydrogen-bond donors (Lipinski definition) is 2. The first-order valence-corrected chi connectivity index (χ1v) is 8.90. The topological polar surface area (TPSA) is 48.9 Å². The van der Waals surface area contributed by atoms with Crippen molar-refractivity contribution in [1.29, 1.82) is 0 Å². The molecule has 0 aliphatic heterocycles. The summed E-state index contributed by atoms with van der Waals surface area (Å²) in [5.41, 5.74) is 1.15. The normalized spacial score (nSPS) is 11.4. The van der Waals surface area contributed by atoms with E-state index in [-0.39, 0.29) is 24.0 Å². The van der Waals surface area contributed by atoms with Gasteiger partial charge in [0.05, 0.1) is 6.54 Å². The molecule has 0 heterocycles. The third kappa shape index (κ3) is 12.0. The van der Waals surface area contributed by atoms with Gasteiger partial charge in [-0.1, -0.05) is 26.0 Å². The Morgan fingerprint density at radius 2 is 2.00 bits per heavy atom. The van der Waals surface area contributed by atoms with Crippen LogP contribution in [-0.4, -0.2) is 51.2 Å². The first-order chi connectivity index (χ1) is 11.5. The molecule has 5 nitrogen and oxygen atoms in total. The minimum Gasteiger partial charge on any atom is -0.492 e. The second-order valence-electron chi connectivity index (χ2n) is 6.60. The van der Waals surface area contributed by atoms with Crippen molar-refractivity contribution in [2.75, 3.05) is 40.3 Å². The van der Waals surface area contributed by atoms with Crippen molar-refractivity contribution < 1.29 is 4.74 Å². The Morgan fingerprint density at radius 1 is 1.24 bits per heavy atom. The summed E-state index contributed by atoms with van der Waals surface area (Å²) in [5, 5.41) is 6.68. The summed E-state index contributed by atoms with van der Waals surface area (Å²) in [6.45, 7) is 10.6. The highest BCUT2D eigenvalue weighted by molar-refractivity contribution is 14.0. The molecule has 0 radical (unpaired) electrons. The number of guanidine groups is 1. The van der Waals surface area contributed by atoms with Gasteiger partial charge < -0.3 is 20.3 Å². The van der Waals surface area contributed by atoms with Gasteiger partial charge in [0.15, 0.2) is 5.96 Å². The van der Waals surface area contributed by atoms with Gasteiger partial charge in [0.25, 0.3) is 0 Å². The quantitative estimate of drug-likeness (QED) is 0.318. The average Bonchev–Trinajstić information content (AvgIpc) is 2.52. The van der Waals surface area contributed by atoms with Crippen LogP contribution in [0.25, 0.3) is 0 Å². The third-order valence-corrected chi connectivity index (χ3v) is 3.48. The lowest BCUT2D eigenvalue weighted by molar-refractivity contribution is 0.261. The maximum atomic E-state index is 5.78. The van der Waals surface area contributed by atoms with Gasteiger partial charge in [-0.05, 0) is 51.1 Å². The molecule has 0 unspecified atom stereocenters. The standard InChI is InChI=1S/C19H34N4O.HI/c1-6-20-19(21-11-10-16(2)3)22-15-17-8-7-9-18(14-17)24-13-12-23(4)5;/h7-9,14,16H,6,10-13,15H2,1-5H3,(H2,20,21,22);1H. The molecule has 0 aromatic heterocycles. The smallest absolute Gasteiger partial charge is 0.191 e. The Labute approximate surface area is 170 Å². The summed E-state index contributed by atoms with van der Waals surface area (Å²) in [5.74, 6) is 2.47. The van der Waals surface area contributed by atoms with E-state index in [0.717, 1.165) is 43.3 Å². The Hall–Kier alpha value is -1.02. The van der Waals surface area contributed by atoms with E-state index in [0.29, 0.717) is 19.1 Å². The molecule has 0 spiro atoms. The van der Waals surface area contributed by atoms with Crippen LogP contribution in [0, 0.1) is 5.92 Å². The number of nitrogens with one attached hydrogen (secondary N) is 2. The highest BCUT2D eigenvalue weighted by atomic mass is 127. The predicted molar refractivity (Wildman–Crippen MR) is 118 cm³/mol. The van der Waals surface area contributed by atoms with Crippen molar-refractivity contribution in [3.05, 3.63) is 29.8 Å². The van der Waals surface area contributed by atoms with Crippen LogP contribution in [0.4, 0.5) is 0 Å². The van der Waals surface area contributed by atoms with Gasteiger partial charge in [0.1, 0.15) is 12.4 Å². The summed E-state index contributed by atoms with van der Waals surface area (Å²) in [6, 6.07) is 8.17. The molecule has 0 saturated carbocycles. The molecule has 1 aromatic rings. The van der Waals surface area contributed by atoms with E-state index in [1.165, 1.54) is 0 Å². The monoisotopic (exact) mass is 462 g/mol. The second-order valence-corrected chi connectivity index (χ2v) is 6.60. The molecule has 0 bridgehead atoms. The summed E-state index contributed by atoms with van der Waals surface area (Å²) in [4.78, 5) is 6.77. The van der Waals surface area contributed by atoms with Gasteiger partial charge in [0, 0.05) is 19.6 Å². The SMILES string of the molecule is CCNC(=NCc1cccc(OCCN(C)C)c1)NCCC(C)C.I. The number of benzene rings is 1. The Bertz CT molecular complexity index is 492. The van der Waals surface area contributed by atoms with Crippen molar-refractivity contribution in [1.82, 2.24) is 15.5 Å². The van der Waals surface area contributed by atoms with E-state index in [4.69, 9.17) is 4.74 Å². The number of rotatable bonds is 10. The molecule has 6 heteroatoms. The number of nitrogens with zero attached hydrogens (tertiary/aromatic N) is 2. The van der Waals surface area contributed by atoms with Crippen molar-refractivity contribution >= 4 is 29.9 Å². The minimum absolute atomic E-state index is 0. The Balaban J connectivity index is 0.00000576. The van der Waals surface area contributed by atoms with Crippen LogP contribution >= 0.6 is 24.0 Å². The van der Waals surface area contributed by atoms with Crippen molar-refractivity contribution in [3.63, 3.8) is 0 Å². The van der Waals surface area contributed by atoms with Gasteiger partial charge >= 0.3 is 0 Å². The molecular weight excluding hydrogens is 427 g/mol. The first-order valence-electron chi connectivity index (χ1n) is 8.90. The molecule has 0 amide bonds. The first kappa shape index (κ1) is 24.0. The number of ether oxygens (including phenoxy) is 1. The molecular formula is C19H35IN4O. The van der Waals surface area contributed by atoms with Crippen molar-refractivity contribution in [3.8, 4) is 5.75 Å². The van der Waals surface area contributed by atoms with Crippen LogP contribution in [0.2, 0.25) is 0 Å². The number of aliphatic imine (C=N–C) groups is 1. The van der Waals surface area contributed by atoms with Gasteiger partial charge in [0.2, 0.25) is 0 Å². The van der Waals surface area contributed by atoms with Crippen LogP contribution in [0.1, 0.15) is 32.8 Å². The minimum atomic E-state index is 0. The lowest BCUT2D eigenvalue weighted by Gasteiger charge is -2.13. The van der Waals surface area contributed by atoms with Gasteiger partial charge in [-0.2, -0.15) is 0 Å². The maximum absolute atomic E-state index is 5.78. The molecule has 0 aliphatic carbocycles. The number of hydrogen-bond acceptors (Lipinski definition) is 3. The number of likely N-dealkylation sites (N-methyl/N-ethyl adjacent to an activating group) is 1. The Kier molecular flexibility index (Phi) is 13.6. The predicted octanol–water partition coefficient (Wildman–Crippen LogP) is 3.35. The van der Waals surface area contributed by atoms with E-state index in [1.807, 2.05) is 26.2 Å². The van der Waals surface area contributed by atoms with Crippen LogP contribution in [0.5, 0.6) is 5.75 Å². The van der Waals surface area contributed by atoms with E-state index >= 15 is 0 Å². The summed E-state index contributed by atoms with van der Waals surface area (Å²) >= 11 is 0. The van der Waals surface area contributed by atoms with E-state index < -0.39 is 0 Å². The zero-order chi connectivity index (χ0) is 17.8. The molecule has 2 N–H and O–H groups in total. The van der Waals surface area contributed by atoms with Crippen LogP contribution in [-0.2, 0) is 6.54 Å². The zero-order valence-corrected chi connectivity index (χ0v) is 18.7. The highest BCUT2D eigenvalue weighted by Gasteiger charge is 2.01. The van der Waals surface area contributed by atoms with Gasteiger partial charge in [-0.3, -0.25) is 0 Å². The Morgan fingerprint density at radius 3 is 2.64 bits per heavy atom. The summed E-state index contributed by atoms with van der Waals surface area (Å²) in [7, 11) is 4.09. The van der Waals surface area contributed by atoms with Gasteiger partial charge in [-0.25, -0.2) is 4.99 Å². The molecule has 0 atom stereocenters. The largest absolute Gasteiger partial charge is 0.492 e. The lowest BCUT2D eigenvalue weighted by Crippen LogP contribution is -2.38. The van der Waals surface area contributed by atoms with Crippen LogP contribution in [0.15, 0.2) is 29.3 Å². The fourth-order valence-corrected chi connectivity index (χ4v) is 2.07. The molecule has 0 fully saturated rings. The number of halogens is 1. The second kappa shape index (κ2) is 14.2. The van der Waals surface area contributed by atoms with Gasteiger partial charge in [-0.15, -0.1) is 24.0 Å². The van der Waals surface area contributed by atoms with Crippen LogP contribution in [0.3, 0.4) is 0 Å². The van der Waals surface area contributed by atoms with E-state index in [9.17, 15) is 0 Å². The van der Waals surface area contributed by atoms with Crippen molar-refractivity contribution in [2.24, 2.45) is 10.9 Å². The average molecular weight is 462 g/mol. The van der Waals surface area contributed by atoms with E-state index in [1.54, 1.807) is 0 Å². The fraction of sp³-hybridized carbons (Fsp3) is 0.632. The van der Waals surface area contributed by atoms with Crippen molar-refractivity contribution in [2.45, 2.75) is 33.7 Å². The summed E-state index contributed by atoms with van der Waals surface area (Å²) in [6.07, 6.45) is 1.14.